The number of non-ortho nitro benzene ring substituents is 1. The first-order valence-corrected chi connectivity index (χ1v) is 11.1. The third-order valence-electron chi connectivity index (χ3n) is 6.25. The highest BCUT2D eigenvalue weighted by Gasteiger charge is 2.37. The summed E-state index contributed by atoms with van der Waals surface area (Å²) in [6, 6.07) is 12.7. The van der Waals surface area contributed by atoms with E-state index in [-0.39, 0.29) is 22.3 Å². The fourth-order valence-electron chi connectivity index (χ4n) is 4.78. The Balaban J connectivity index is 2.12. The molecule has 4 rings (SSSR count). The van der Waals surface area contributed by atoms with Crippen LogP contribution >= 0.6 is 0 Å². The summed E-state index contributed by atoms with van der Waals surface area (Å²) in [5.41, 5.74) is 5.23. The average Bonchev–Trinajstić information content (AvgIpc) is 2.71. The Labute approximate surface area is 193 Å². The number of benzene rings is 2. The van der Waals surface area contributed by atoms with Crippen LogP contribution in [0.2, 0.25) is 0 Å². The smallest absolute Gasteiger partial charge is 0.269 e. The van der Waals surface area contributed by atoms with Gasteiger partial charge in [0.25, 0.3) is 5.69 Å². The summed E-state index contributed by atoms with van der Waals surface area (Å²) in [5.74, 6) is -0.337. The molecule has 0 spiro atoms. The van der Waals surface area contributed by atoms with Crippen LogP contribution in [0.25, 0.3) is 22.3 Å². The van der Waals surface area contributed by atoms with Crippen LogP contribution in [0.15, 0.2) is 48.5 Å². The molecular weight excluding hydrogens is 419 g/mol. The lowest BCUT2D eigenvalue weighted by Crippen LogP contribution is -2.29. The minimum atomic E-state index is -0.720. The number of aliphatic hydroxyl groups is 1. The number of nitrogens with zero attached hydrogens (tertiary/aromatic N) is 2. The van der Waals surface area contributed by atoms with Crippen molar-refractivity contribution in [1.29, 1.82) is 0 Å². The van der Waals surface area contributed by atoms with Gasteiger partial charge in [0.1, 0.15) is 5.82 Å². The average molecular weight is 449 g/mol. The molecule has 0 amide bonds. The number of aromatic nitrogens is 1. The van der Waals surface area contributed by atoms with Crippen LogP contribution in [0.5, 0.6) is 0 Å². The Morgan fingerprint density at radius 3 is 2.12 bits per heavy atom. The molecule has 1 aromatic heterocycles. The molecule has 0 bridgehead atoms. The first-order valence-electron chi connectivity index (χ1n) is 11.1. The number of nitro benzene ring substituents is 1. The van der Waals surface area contributed by atoms with E-state index in [2.05, 4.69) is 34.6 Å². The first-order chi connectivity index (χ1) is 15.4. The fraction of sp³-hybridized carbons (Fsp3) is 0.370. The third-order valence-corrected chi connectivity index (χ3v) is 6.25. The van der Waals surface area contributed by atoms with Gasteiger partial charge in [0, 0.05) is 34.4 Å². The lowest BCUT2D eigenvalue weighted by molar-refractivity contribution is -0.384. The van der Waals surface area contributed by atoms with E-state index in [1.807, 2.05) is 0 Å². The van der Waals surface area contributed by atoms with Crippen molar-refractivity contribution >= 4 is 5.69 Å². The van der Waals surface area contributed by atoms with Crippen molar-refractivity contribution in [2.75, 3.05) is 0 Å². The molecule has 172 valence electrons. The molecule has 0 fully saturated rings. The van der Waals surface area contributed by atoms with Gasteiger partial charge in [-0.25, -0.2) is 4.39 Å². The van der Waals surface area contributed by atoms with Crippen LogP contribution in [0, 0.1) is 21.3 Å². The van der Waals surface area contributed by atoms with Gasteiger partial charge >= 0.3 is 0 Å². The number of fused-ring (bicyclic) bond motifs is 1. The molecule has 3 aromatic rings. The molecule has 1 heterocycles. The van der Waals surface area contributed by atoms with Crippen molar-refractivity contribution in [3.63, 3.8) is 0 Å². The Morgan fingerprint density at radius 1 is 1.03 bits per heavy atom. The summed E-state index contributed by atoms with van der Waals surface area (Å²) in [6.07, 6.45) is 0.587. The molecule has 6 heteroatoms. The van der Waals surface area contributed by atoms with Gasteiger partial charge in [-0.1, -0.05) is 46.8 Å². The van der Waals surface area contributed by atoms with E-state index >= 15 is 0 Å². The lowest BCUT2D eigenvalue weighted by atomic mass is 9.71. The van der Waals surface area contributed by atoms with Crippen LogP contribution in [0.1, 0.15) is 64.1 Å². The molecular formula is C27H29FN2O3. The number of rotatable bonds is 3. The second-order valence-corrected chi connectivity index (χ2v) is 10.7. The summed E-state index contributed by atoms with van der Waals surface area (Å²) in [4.78, 5) is 15.9. The maximum atomic E-state index is 13.8. The summed E-state index contributed by atoms with van der Waals surface area (Å²) < 4.78 is 13.8. The zero-order valence-corrected chi connectivity index (χ0v) is 19.6. The summed E-state index contributed by atoms with van der Waals surface area (Å²) >= 11 is 0. The van der Waals surface area contributed by atoms with Crippen molar-refractivity contribution in [3.05, 3.63) is 81.4 Å². The first kappa shape index (κ1) is 23.1. The van der Waals surface area contributed by atoms with Gasteiger partial charge in [-0.15, -0.1) is 0 Å². The minimum Gasteiger partial charge on any atom is -0.388 e. The molecule has 0 saturated carbocycles. The second-order valence-electron chi connectivity index (χ2n) is 10.7. The van der Waals surface area contributed by atoms with Crippen LogP contribution in [-0.2, 0) is 11.8 Å². The van der Waals surface area contributed by atoms with Gasteiger partial charge in [0.15, 0.2) is 0 Å². The van der Waals surface area contributed by atoms with Crippen molar-refractivity contribution in [3.8, 4) is 22.3 Å². The van der Waals surface area contributed by atoms with E-state index in [1.165, 1.54) is 24.3 Å². The lowest BCUT2D eigenvalue weighted by Gasteiger charge is -2.38. The fourth-order valence-corrected chi connectivity index (χ4v) is 4.78. The monoisotopic (exact) mass is 448 g/mol. The summed E-state index contributed by atoms with van der Waals surface area (Å²) in [6.45, 7) is 10.5. The Bertz CT molecular complexity index is 1210. The number of halogens is 1. The summed E-state index contributed by atoms with van der Waals surface area (Å²) in [7, 11) is 0. The van der Waals surface area contributed by atoms with E-state index in [9.17, 15) is 19.6 Å². The van der Waals surface area contributed by atoms with Crippen LogP contribution < -0.4 is 0 Å². The zero-order chi connectivity index (χ0) is 24.1. The molecule has 1 N–H and O–H groups in total. The van der Waals surface area contributed by atoms with E-state index in [0.717, 1.165) is 45.6 Å². The highest BCUT2D eigenvalue weighted by atomic mass is 19.1. The SMILES string of the molecule is CC1(C)Cc2nc(C(C)(C)C)c(-c3ccc([N+](=O)[O-])cc3)c(-c3ccc(F)cc3)c2C(O)C1. The van der Waals surface area contributed by atoms with Crippen molar-refractivity contribution in [2.24, 2.45) is 5.41 Å². The Kier molecular flexibility index (Phi) is 5.61. The zero-order valence-electron chi connectivity index (χ0n) is 19.6. The van der Waals surface area contributed by atoms with Gasteiger partial charge in [0.2, 0.25) is 0 Å². The number of nitro groups is 1. The molecule has 0 saturated heterocycles. The molecule has 1 aliphatic carbocycles. The maximum absolute atomic E-state index is 13.8. The molecule has 1 atom stereocenters. The second kappa shape index (κ2) is 8.03. The van der Waals surface area contributed by atoms with Crippen molar-refractivity contribution in [1.82, 2.24) is 4.98 Å². The van der Waals surface area contributed by atoms with Crippen LogP contribution in [0.3, 0.4) is 0 Å². The topological polar surface area (TPSA) is 76.3 Å². The molecule has 33 heavy (non-hydrogen) atoms. The standard InChI is InChI=1S/C27H29FN2O3/c1-26(2,3)25-23(17-8-12-19(13-9-17)30(32)33)22(16-6-10-18(28)11-7-16)24-20(29-25)14-27(4,5)15-21(24)31/h6-13,21,31H,14-15H2,1-5H3. The predicted molar refractivity (Wildman–Crippen MR) is 127 cm³/mol. The Morgan fingerprint density at radius 2 is 1.58 bits per heavy atom. The van der Waals surface area contributed by atoms with Gasteiger partial charge in [-0.2, -0.15) is 0 Å². The summed E-state index contributed by atoms with van der Waals surface area (Å²) in [5, 5.41) is 22.5. The molecule has 0 aliphatic heterocycles. The molecule has 5 nitrogen and oxygen atoms in total. The molecule has 1 aliphatic rings. The number of pyridine rings is 1. The van der Waals surface area contributed by atoms with E-state index < -0.39 is 11.0 Å². The molecule has 0 radical (unpaired) electrons. The van der Waals surface area contributed by atoms with Gasteiger partial charge in [-0.3, -0.25) is 15.1 Å². The van der Waals surface area contributed by atoms with Crippen molar-refractivity contribution < 1.29 is 14.4 Å². The Hall–Kier alpha value is -3.12. The highest BCUT2D eigenvalue weighted by molar-refractivity contribution is 5.89. The maximum Gasteiger partial charge on any atom is 0.269 e. The van der Waals surface area contributed by atoms with Gasteiger partial charge < -0.3 is 5.11 Å². The van der Waals surface area contributed by atoms with E-state index in [0.29, 0.717) is 6.42 Å². The number of aliphatic hydroxyl groups excluding tert-OH is 1. The number of hydrogen-bond donors (Lipinski definition) is 1. The predicted octanol–water partition coefficient (Wildman–Crippen LogP) is 6.77. The van der Waals surface area contributed by atoms with Crippen LogP contribution in [-0.4, -0.2) is 15.0 Å². The largest absolute Gasteiger partial charge is 0.388 e. The van der Waals surface area contributed by atoms with Crippen LogP contribution in [0.4, 0.5) is 10.1 Å². The van der Waals surface area contributed by atoms with Gasteiger partial charge in [-0.05, 0) is 59.2 Å². The molecule has 2 aromatic carbocycles. The van der Waals surface area contributed by atoms with Gasteiger partial charge in [0.05, 0.1) is 16.7 Å². The molecule has 1 unspecified atom stereocenters. The third kappa shape index (κ3) is 4.40. The highest BCUT2D eigenvalue weighted by Crippen LogP contribution is 2.49. The number of hydrogen-bond acceptors (Lipinski definition) is 4. The quantitative estimate of drug-likeness (QED) is 0.354. The minimum absolute atomic E-state index is 0.00657. The van der Waals surface area contributed by atoms with E-state index in [1.54, 1.807) is 24.3 Å². The van der Waals surface area contributed by atoms with Crippen molar-refractivity contribution in [2.45, 2.75) is 59.0 Å². The van der Waals surface area contributed by atoms with E-state index in [4.69, 9.17) is 4.98 Å². The normalized spacial score (nSPS) is 17.5.